The number of benzene rings is 2. The molecule has 3 fully saturated rings. The molecule has 5 rings (SSSR count). The van der Waals surface area contributed by atoms with E-state index in [2.05, 4.69) is 10.2 Å². The Morgan fingerprint density at radius 3 is 2.21 bits per heavy atom. The molecule has 4 atom stereocenters. The topological polar surface area (TPSA) is 91.3 Å². The molecule has 0 saturated carbocycles. The predicted octanol–water partition coefficient (Wildman–Crippen LogP) is 4.38. The Morgan fingerprint density at radius 1 is 0.881 bits per heavy atom. The van der Waals surface area contributed by atoms with Crippen LogP contribution < -0.4 is 5.32 Å². The van der Waals surface area contributed by atoms with Crippen molar-refractivity contribution in [2.45, 2.75) is 82.4 Å². The van der Waals surface area contributed by atoms with E-state index in [0.29, 0.717) is 17.7 Å². The summed E-state index contributed by atoms with van der Waals surface area (Å²) >= 11 is 0. The molecule has 0 aromatic heterocycles. The molecule has 0 radical (unpaired) electrons. The Hall–Kier alpha value is -2.99. The largest absolute Gasteiger partial charge is 0.471 e. The number of amides is 2. The molecule has 0 spiro atoms. The molecule has 42 heavy (non-hydrogen) atoms. The molecule has 2 N–H and O–H groups in total. The first-order chi connectivity index (χ1) is 20.2. The number of hydrogen-bond donors (Lipinski definition) is 2. The summed E-state index contributed by atoms with van der Waals surface area (Å²) in [5.74, 6) is -2.57. The van der Waals surface area contributed by atoms with Gasteiger partial charge in [-0.25, -0.2) is 0 Å². The first-order valence-corrected chi connectivity index (χ1v) is 14.7. The van der Waals surface area contributed by atoms with Crippen LogP contribution in [0.5, 0.6) is 0 Å². The third kappa shape index (κ3) is 7.50. The van der Waals surface area contributed by atoms with Gasteiger partial charge in [0.1, 0.15) is 6.04 Å². The Morgan fingerprint density at radius 2 is 1.55 bits per heavy atom. The molecule has 0 aliphatic carbocycles. The van der Waals surface area contributed by atoms with Gasteiger partial charge in [-0.05, 0) is 55.5 Å². The van der Waals surface area contributed by atoms with E-state index >= 15 is 0 Å². The lowest BCUT2D eigenvalue weighted by atomic mass is 9.99. The first kappa shape index (κ1) is 30.5. The number of carbonyl (C=O) groups is 2. The lowest BCUT2D eigenvalue weighted by Crippen LogP contribution is -2.50. The number of nitrogens with one attached hydrogen (secondary N) is 1. The average Bonchev–Trinajstić information content (AvgIpc) is 3.50. The summed E-state index contributed by atoms with van der Waals surface area (Å²) in [4.78, 5) is 27.4. The summed E-state index contributed by atoms with van der Waals surface area (Å²) in [6.07, 6.45) is -0.919. The normalized spacial score (nSPS) is 25.4. The van der Waals surface area contributed by atoms with Crippen LogP contribution in [-0.4, -0.2) is 71.2 Å². The van der Waals surface area contributed by atoms with Gasteiger partial charge in [0.2, 0.25) is 5.91 Å². The maximum Gasteiger partial charge on any atom is 0.471 e. The van der Waals surface area contributed by atoms with Crippen molar-refractivity contribution in [2.75, 3.05) is 26.2 Å². The van der Waals surface area contributed by atoms with E-state index in [1.807, 2.05) is 48.5 Å². The van der Waals surface area contributed by atoms with Crippen molar-refractivity contribution in [3.8, 4) is 0 Å². The van der Waals surface area contributed by atoms with Gasteiger partial charge in [-0.3, -0.25) is 9.59 Å². The maximum absolute atomic E-state index is 12.9. The summed E-state index contributed by atoms with van der Waals surface area (Å²) in [6, 6.07) is 14.0. The van der Waals surface area contributed by atoms with E-state index in [9.17, 15) is 27.9 Å². The zero-order chi connectivity index (χ0) is 29.7. The SMILES string of the molecule is O=C(NCc1ccc([C@@H]2O[C@H](CN3CCCCC3)C[C@H](c3ccc(CO)cc3)O2)cc1)[C@@H]1CCCN1C(=O)C(F)(F)F. The van der Waals surface area contributed by atoms with Crippen LogP contribution in [0.3, 0.4) is 0 Å². The molecule has 3 aliphatic heterocycles. The highest BCUT2D eigenvalue weighted by atomic mass is 19.4. The third-order valence-corrected chi connectivity index (χ3v) is 8.30. The van der Waals surface area contributed by atoms with Gasteiger partial charge in [-0.15, -0.1) is 0 Å². The van der Waals surface area contributed by atoms with Crippen LogP contribution in [0.4, 0.5) is 13.2 Å². The highest BCUT2D eigenvalue weighted by molar-refractivity contribution is 5.90. The van der Waals surface area contributed by atoms with Crippen molar-refractivity contribution >= 4 is 11.8 Å². The first-order valence-electron chi connectivity index (χ1n) is 14.7. The molecule has 3 saturated heterocycles. The van der Waals surface area contributed by atoms with E-state index in [0.717, 1.165) is 41.9 Å². The number of likely N-dealkylation sites (tertiary alicyclic amines) is 2. The number of rotatable bonds is 8. The van der Waals surface area contributed by atoms with Crippen LogP contribution in [-0.2, 0) is 32.2 Å². The zero-order valence-electron chi connectivity index (χ0n) is 23.5. The number of aliphatic hydroxyl groups excluding tert-OH is 1. The van der Waals surface area contributed by atoms with Crippen molar-refractivity contribution < 1.29 is 37.3 Å². The van der Waals surface area contributed by atoms with Gasteiger partial charge in [0.25, 0.3) is 0 Å². The van der Waals surface area contributed by atoms with Crippen molar-refractivity contribution in [3.05, 3.63) is 70.8 Å². The molecule has 3 aliphatic rings. The van der Waals surface area contributed by atoms with Gasteiger partial charge in [-0.1, -0.05) is 55.0 Å². The molecule has 228 valence electrons. The number of carbonyl (C=O) groups excluding carboxylic acids is 2. The molecular weight excluding hydrogens is 551 g/mol. The van der Waals surface area contributed by atoms with Gasteiger partial charge in [0, 0.05) is 31.6 Å². The lowest BCUT2D eigenvalue weighted by Gasteiger charge is -2.39. The summed E-state index contributed by atoms with van der Waals surface area (Å²) in [7, 11) is 0. The Bertz CT molecular complexity index is 1200. The minimum absolute atomic E-state index is 0.0213. The number of nitrogens with zero attached hydrogens (tertiary/aromatic N) is 2. The minimum Gasteiger partial charge on any atom is -0.392 e. The molecule has 2 aromatic rings. The highest BCUT2D eigenvalue weighted by Gasteiger charge is 2.47. The van der Waals surface area contributed by atoms with Crippen LogP contribution in [0, 0.1) is 0 Å². The Kier molecular flexibility index (Phi) is 9.82. The number of alkyl halides is 3. The van der Waals surface area contributed by atoms with Crippen molar-refractivity contribution in [2.24, 2.45) is 0 Å². The van der Waals surface area contributed by atoms with Crippen LogP contribution in [0.15, 0.2) is 48.5 Å². The van der Waals surface area contributed by atoms with Gasteiger partial charge >= 0.3 is 12.1 Å². The number of aliphatic hydroxyl groups is 1. The van der Waals surface area contributed by atoms with Crippen molar-refractivity contribution in [1.29, 1.82) is 0 Å². The summed E-state index contributed by atoms with van der Waals surface area (Å²) in [6.45, 7) is 2.96. The van der Waals surface area contributed by atoms with E-state index < -0.39 is 30.3 Å². The smallest absolute Gasteiger partial charge is 0.392 e. The molecule has 11 heteroatoms. The number of halogens is 3. The van der Waals surface area contributed by atoms with Crippen LogP contribution >= 0.6 is 0 Å². The van der Waals surface area contributed by atoms with Gasteiger partial charge in [0.05, 0.1) is 18.8 Å². The van der Waals surface area contributed by atoms with Crippen LogP contribution in [0.25, 0.3) is 0 Å². The summed E-state index contributed by atoms with van der Waals surface area (Å²) in [5, 5.41) is 12.1. The summed E-state index contributed by atoms with van der Waals surface area (Å²) in [5.41, 5.74) is 3.44. The number of hydrogen-bond acceptors (Lipinski definition) is 6. The number of piperidine rings is 1. The molecule has 8 nitrogen and oxygen atoms in total. The fourth-order valence-corrected chi connectivity index (χ4v) is 6.01. The average molecular weight is 590 g/mol. The maximum atomic E-state index is 12.9. The van der Waals surface area contributed by atoms with Crippen LogP contribution in [0.1, 0.15) is 73.2 Å². The third-order valence-electron chi connectivity index (χ3n) is 8.30. The molecule has 2 amide bonds. The number of ether oxygens (including phenoxy) is 2. The molecule has 3 heterocycles. The second-order valence-corrected chi connectivity index (χ2v) is 11.3. The lowest BCUT2D eigenvalue weighted by molar-refractivity contribution is -0.253. The zero-order valence-corrected chi connectivity index (χ0v) is 23.5. The van der Waals surface area contributed by atoms with Gasteiger partial charge in [0.15, 0.2) is 6.29 Å². The second kappa shape index (κ2) is 13.5. The Labute approximate surface area is 243 Å². The van der Waals surface area contributed by atoms with Gasteiger partial charge in [-0.2, -0.15) is 13.2 Å². The van der Waals surface area contributed by atoms with Crippen LogP contribution in [0.2, 0.25) is 0 Å². The summed E-state index contributed by atoms with van der Waals surface area (Å²) < 4.78 is 51.6. The van der Waals surface area contributed by atoms with E-state index in [1.54, 1.807) is 0 Å². The molecule has 2 aromatic carbocycles. The fraction of sp³-hybridized carbons (Fsp3) is 0.548. The van der Waals surface area contributed by atoms with E-state index in [-0.39, 0.29) is 38.3 Å². The molecule has 0 bridgehead atoms. The standard InChI is InChI=1S/C31H38F3N3O5/c32-31(33,34)30(40)37-16-4-5-26(37)28(39)35-18-21-6-12-24(13-7-21)29-41-25(19-36-14-2-1-3-15-36)17-27(42-29)23-10-8-22(20-38)9-11-23/h6-13,25-27,29,38H,1-5,14-20H2,(H,35,39)/t25-,26-,27+,29+/m0/s1. The quantitative estimate of drug-likeness (QED) is 0.475. The Balaban J connectivity index is 1.23. The second-order valence-electron chi connectivity index (χ2n) is 11.3. The van der Waals surface area contributed by atoms with Gasteiger partial charge < -0.3 is 29.7 Å². The van der Waals surface area contributed by atoms with Crippen molar-refractivity contribution in [1.82, 2.24) is 15.1 Å². The highest BCUT2D eigenvalue weighted by Crippen LogP contribution is 2.38. The monoisotopic (exact) mass is 589 g/mol. The molecule has 0 unspecified atom stereocenters. The fourth-order valence-electron chi connectivity index (χ4n) is 6.01. The predicted molar refractivity (Wildman–Crippen MR) is 148 cm³/mol. The van der Waals surface area contributed by atoms with Crippen molar-refractivity contribution in [3.63, 3.8) is 0 Å². The van der Waals surface area contributed by atoms with E-state index in [4.69, 9.17) is 9.47 Å². The van der Waals surface area contributed by atoms with E-state index in [1.165, 1.54) is 19.3 Å². The molecular formula is C31H38F3N3O5. The minimum atomic E-state index is -5.00.